The van der Waals surface area contributed by atoms with Crippen LogP contribution in [0, 0.1) is 11.8 Å². The van der Waals surface area contributed by atoms with Gasteiger partial charge >= 0.3 is 0 Å². The minimum atomic E-state index is -0.104. The summed E-state index contributed by atoms with van der Waals surface area (Å²) < 4.78 is 17.9. The molecule has 5 heteroatoms. The first-order valence-corrected chi connectivity index (χ1v) is 11.2. The highest BCUT2D eigenvalue weighted by atomic mass is 16.5. The molecule has 2 aliphatic heterocycles. The standard InChI is InChI=1S/C26H29NO4/c1-29-23-10-6-5-9-19(23)13-14-27-15-21-24(31-17-27)12-11-20-25(28)22(16-30-26(20)21)18-7-3-2-4-8-18/h2-10,16,20-21,24,26H,11-15,17H2,1H3. The lowest BCUT2D eigenvalue weighted by atomic mass is 9.71. The molecule has 0 spiro atoms. The lowest BCUT2D eigenvalue weighted by Gasteiger charge is -2.48. The second-order valence-corrected chi connectivity index (χ2v) is 8.68. The molecule has 2 heterocycles. The summed E-state index contributed by atoms with van der Waals surface area (Å²) >= 11 is 0. The quantitative estimate of drug-likeness (QED) is 0.735. The molecule has 2 fully saturated rings. The van der Waals surface area contributed by atoms with Gasteiger partial charge < -0.3 is 14.2 Å². The van der Waals surface area contributed by atoms with Gasteiger partial charge in [-0.1, -0.05) is 48.5 Å². The molecule has 0 radical (unpaired) electrons. The van der Waals surface area contributed by atoms with Gasteiger partial charge in [0.15, 0.2) is 5.78 Å². The molecule has 31 heavy (non-hydrogen) atoms. The minimum absolute atomic E-state index is 0.0841. The summed E-state index contributed by atoms with van der Waals surface area (Å²) in [6.45, 7) is 2.41. The summed E-state index contributed by atoms with van der Waals surface area (Å²) in [5.41, 5.74) is 2.84. The normalized spacial score (nSPS) is 28.2. The first-order valence-electron chi connectivity index (χ1n) is 11.2. The van der Waals surface area contributed by atoms with Crippen molar-refractivity contribution in [3.63, 3.8) is 0 Å². The Balaban J connectivity index is 1.28. The molecule has 0 N–H and O–H groups in total. The number of rotatable bonds is 5. The summed E-state index contributed by atoms with van der Waals surface area (Å²) in [6, 6.07) is 18.0. The van der Waals surface area contributed by atoms with Gasteiger partial charge in [-0.05, 0) is 36.5 Å². The number of Topliss-reactive ketones (excluding diaryl/α,β-unsaturated/α-hetero) is 1. The summed E-state index contributed by atoms with van der Waals surface area (Å²) in [4.78, 5) is 15.6. The third-order valence-corrected chi connectivity index (χ3v) is 6.92. The molecule has 4 atom stereocenters. The number of fused-ring (bicyclic) bond motifs is 3. The largest absolute Gasteiger partial charge is 0.496 e. The minimum Gasteiger partial charge on any atom is -0.496 e. The third-order valence-electron chi connectivity index (χ3n) is 6.92. The van der Waals surface area contributed by atoms with Gasteiger partial charge in [0, 0.05) is 19.0 Å². The molecular formula is C26H29NO4. The fourth-order valence-corrected chi connectivity index (χ4v) is 5.26. The fraction of sp³-hybridized carbons (Fsp3) is 0.423. The average molecular weight is 420 g/mol. The molecule has 0 aromatic heterocycles. The summed E-state index contributed by atoms with van der Waals surface area (Å²) in [6.07, 6.45) is 4.40. The number of hydrogen-bond donors (Lipinski definition) is 0. The molecule has 0 amide bonds. The highest BCUT2D eigenvalue weighted by Gasteiger charge is 2.48. The lowest BCUT2D eigenvalue weighted by molar-refractivity contribution is -0.169. The van der Waals surface area contributed by atoms with Crippen LogP contribution in [-0.4, -0.2) is 49.8 Å². The lowest BCUT2D eigenvalue weighted by Crippen LogP contribution is -2.56. The second kappa shape index (κ2) is 8.85. The maximum absolute atomic E-state index is 13.3. The summed E-state index contributed by atoms with van der Waals surface area (Å²) in [5.74, 6) is 1.27. The van der Waals surface area contributed by atoms with Crippen LogP contribution in [0.2, 0.25) is 0 Å². The first kappa shape index (κ1) is 20.3. The number of para-hydroxylation sites is 1. The van der Waals surface area contributed by atoms with Crippen LogP contribution in [0.1, 0.15) is 24.0 Å². The number of carbonyl (C=O) groups excluding carboxylic acids is 1. The molecule has 1 saturated carbocycles. The number of ketones is 1. The van der Waals surface area contributed by atoms with Crippen molar-refractivity contribution in [2.24, 2.45) is 11.8 Å². The topological polar surface area (TPSA) is 48.0 Å². The van der Waals surface area contributed by atoms with Crippen molar-refractivity contribution in [1.82, 2.24) is 4.90 Å². The molecule has 4 unspecified atom stereocenters. The Kier molecular flexibility index (Phi) is 5.79. The van der Waals surface area contributed by atoms with Gasteiger partial charge in [-0.15, -0.1) is 0 Å². The highest BCUT2D eigenvalue weighted by Crippen LogP contribution is 2.42. The Labute approximate surface area is 183 Å². The van der Waals surface area contributed by atoms with Gasteiger partial charge in [0.25, 0.3) is 0 Å². The molecule has 0 bridgehead atoms. The van der Waals surface area contributed by atoms with Crippen LogP contribution in [-0.2, 0) is 20.7 Å². The van der Waals surface area contributed by atoms with E-state index >= 15 is 0 Å². The SMILES string of the molecule is COc1ccccc1CCN1COC2CCC3C(=O)C(c4ccccc4)=COC3C2C1. The second-order valence-electron chi connectivity index (χ2n) is 8.68. The van der Waals surface area contributed by atoms with E-state index in [9.17, 15) is 4.79 Å². The van der Waals surface area contributed by atoms with E-state index < -0.39 is 0 Å². The Morgan fingerprint density at radius 1 is 1.06 bits per heavy atom. The van der Waals surface area contributed by atoms with E-state index in [-0.39, 0.29) is 29.8 Å². The monoisotopic (exact) mass is 419 g/mol. The Morgan fingerprint density at radius 3 is 2.71 bits per heavy atom. The van der Waals surface area contributed by atoms with Crippen LogP contribution < -0.4 is 4.74 Å². The van der Waals surface area contributed by atoms with Crippen molar-refractivity contribution >= 4 is 11.4 Å². The predicted molar refractivity (Wildman–Crippen MR) is 119 cm³/mol. The molecule has 3 aliphatic rings. The maximum Gasteiger partial charge on any atom is 0.173 e. The zero-order chi connectivity index (χ0) is 21.2. The van der Waals surface area contributed by atoms with Gasteiger partial charge in [0.1, 0.15) is 11.9 Å². The number of allylic oxidation sites excluding steroid dienone is 1. The number of carbonyl (C=O) groups is 1. The predicted octanol–water partition coefficient (Wildman–Crippen LogP) is 3.93. The van der Waals surface area contributed by atoms with Crippen molar-refractivity contribution in [3.8, 4) is 5.75 Å². The molecule has 5 rings (SSSR count). The average Bonchev–Trinajstić information content (AvgIpc) is 2.83. The Hall–Kier alpha value is -2.63. The van der Waals surface area contributed by atoms with Crippen molar-refractivity contribution < 1.29 is 19.0 Å². The highest BCUT2D eigenvalue weighted by molar-refractivity contribution is 6.22. The van der Waals surface area contributed by atoms with Gasteiger partial charge in [-0.2, -0.15) is 0 Å². The van der Waals surface area contributed by atoms with Crippen LogP contribution in [0.15, 0.2) is 60.9 Å². The Morgan fingerprint density at radius 2 is 1.87 bits per heavy atom. The van der Waals surface area contributed by atoms with Crippen LogP contribution >= 0.6 is 0 Å². The maximum atomic E-state index is 13.3. The Bertz CT molecular complexity index is 957. The van der Waals surface area contributed by atoms with Gasteiger partial charge in [-0.25, -0.2) is 0 Å². The molecule has 2 aromatic carbocycles. The number of methoxy groups -OCH3 is 1. The van der Waals surface area contributed by atoms with Crippen LogP contribution in [0.5, 0.6) is 5.75 Å². The van der Waals surface area contributed by atoms with Crippen molar-refractivity contribution in [1.29, 1.82) is 0 Å². The van der Waals surface area contributed by atoms with E-state index in [1.54, 1.807) is 13.4 Å². The van der Waals surface area contributed by atoms with Gasteiger partial charge in [0.05, 0.1) is 37.7 Å². The number of benzene rings is 2. The molecule has 162 valence electrons. The first-order chi connectivity index (χ1) is 15.2. The van der Waals surface area contributed by atoms with E-state index in [0.29, 0.717) is 12.3 Å². The number of ether oxygens (including phenoxy) is 3. The zero-order valence-corrected chi connectivity index (χ0v) is 17.9. The van der Waals surface area contributed by atoms with E-state index in [2.05, 4.69) is 11.0 Å². The van der Waals surface area contributed by atoms with Crippen molar-refractivity contribution in [2.75, 3.05) is 26.9 Å². The molecule has 1 aliphatic carbocycles. The molecule has 5 nitrogen and oxygen atoms in total. The van der Waals surface area contributed by atoms with Crippen LogP contribution in [0.25, 0.3) is 5.57 Å². The van der Waals surface area contributed by atoms with Crippen LogP contribution in [0.4, 0.5) is 0 Å². The van der Waals surface area contributed by atoms with Crippen molar-refractivity contribution in [3.05, 3.63) is 72.0 Å². The van der Waals surface area contributed by atoms with E-state index in [0.717, 1.165) is 43.7 Å². The number of nitrogens with zero attached hydrogens (tertiary/aromatic N) is 1. The third kappa shape index (κ3) is 4.00. The molecular weight excluding hydrogens is 390 g/mol. The molecule has 2 aromatic rings. The number of hydrogen-bond acceptors (Lipinski definition) is 5. The van der Waals surface area contributed by atoms with Gasteiger partial charge in [0.2, 0.25) is 0 Å². The summed E-state index contributed by atoms with van der Waals surface area (Å²) in [7, 11) is 1.71. The van der Waals surface area contributed by atoms with E-state index in [1.165, 1.54) is 5.56 Å². The zero-order valence-electron chi connectivity index (χ0n) is 17.9. The van der Waals surface area contributed by atoms with E-state index in [1.807, 2.05) is 48.5 Å². The van der Waals surface area contributed by atoms with E-state index in [4.69, 9.17) is 14.2 Å². The van der Waals surface area contributed by atoms with Gasteiger partial charge in [-0.3, -0.25) is 9.69 Å². The molecule has 1 saturated heterocycles. The summed E-state index contributed by atoms with van der Waals surface area (Å²) in [5, 5.41) is 0. The fourth-order valence-electron chi connectivity index (χ4n) is 5.26. The van der Waals surface area contributed by atoms with Crippen molar-refractivity contribution in [2.45, 2.75) is 31.5 Å². The van der Waals surface area contributed by atoms with Crippen LogP contribution in [0.3, 0.4) is 0 Å². The smallest absolute Gasteiger partial charge is 0.173 e.